The van der Waals surface area contributed by atoms with Gasteiger partial charge in [-0.2, -0.15) is 0 Å². The van der Waals surface area contributed by atoms with E-state index in [1.54, 1.807) is 12.4 Å². The van der Waals surface area contributed by atoms with Crippen molar-refractivity contribution < 1.29 is 4.42 Å². The highest BCUT2D eigenvalue weighted by Gasteiger charge is 2.09. The molecule has 4 nitrogen and oxygen atoms in total. The van der Waals surface area contributed by atoms with Crippen LogP contribution in [0.1, 0.15) is 5.56 Å². The molecule has 0 saturated heterocycles. The Hall–Kier alpha value is -2.92. The average Bonchev–Trinajstić information content (AvgIpc) is 3.17. The number of hydrogen-bond acceptors (Lipinski definition) is 5. The first-order chi connectivity index (χ1) is 12.4. The van der Waals surface area contributed by atoms with Crippen molar-refractivity contribution in [1.29, 1.82) is 0 Å². The molecular weight excluding hydrogens is 330 g/mol. The lowest BCUT2D eigenvalue weighted by Crippen LogP contribution is -1.83. The van der Waals surface area contributed by atoms with Crippen LogP contribution in [0.25, 0.3) is 22.6 Å². The van der Waals surface area contributed by atoms with Crippen LogP contribution in [0.3, 0.4) is 0 Å². The van der Waals surface area contributed by atoms with Gasteiger partial charge in [0.05, 0.1) is 0 Å². The fourth-order valence-electron chi connectivity index (χ4n) is 2.50. The minimum atomic E-state index is 0.517. The minimum Gasteiger partial charge on any atom is -0.411 e. The quantitative estimate of drug-likeness (QED) is 0.472. The number of thioether (sulfide) groups is 1. The second kappa shape index (κ2) is 7.32. The van der Waals surface area contributed by atoms with Crippen LogP contribution in [0.2, 0.25) is 0 Å². The summed E-state index contributed by atoms with van der Waals surface area (Å²) in [6.07, 6.45) is 3.42. The van der Waals surface area contributed by atoms with Crippen molar-refractivity contribution in [3.05, 3.63) is 84.7 Å². The van der Waals surface area contributed by atoms with E-state index < -0.39 is 0 Å². The van der Waals surface area contributed by atoms with E-state index in [2.05, 4.69) is 63.7 Å². The first-order valence-electron chi connectivity index (χ1n) is 7.89. The molecule has 0 amide bonds. The van der Waals surface area contributed by atoms with Gasteiger partial charge in [-0.05, 0) is 28.8 Å². The van der Waals surface area contributed by atoms with Gasteiger partial charge in [-0.15, -0.1) is 10.2 Å². The van der Waals surface area contributed by atoms with Gasteiger partial charge < -0.3 is 4.42 Å². The molecule has 0 spiro atoms. The third-order valence-electron chi connectivity index (χ3n) is 3.73. The van der Waals surface area contributed by atoms with Crippen molar-refractivity contribution in [1.82, 2.24) is 15.2 Å². The third kappa shape index (κ3) is 3.78. The highest BCUT2D eigenvalue weighted by molar-refractivity contribution is 7.98. The Bertz CT molecular complexity index is 955. The topological polar surface area (TPSA) is 51.8 Å². The lowest BCUT2D eigenvalue weighted by Gasteiger charge is -2.04. The maximum atomic E-state index is 5.72. The number of nitrogens with zero attached hydrogens (tertiary/aromatic N) is 3. The molecule has 0 radical (unpaired) electrons. The highest BCUT2D eigenvalue weighted by atomic mass is 32.2. The van der Waals surface area contributed by atoms with Gasteiger partial charge in [0.2, 0.25) is 5.89 Å². The van der Waals surface area contributed by atoms with Gasteiger partial charge in [-0.3, -0.25) is 4.98 Å². The molecule has 0 bridgehead atoms. The summed E-state index contributed by atoms with van der Waals surface area (Å²) in [5, 5.41) is 8.78. The second-order valence-corrected chi connectivity index (χ2v) is 6.39. The smallest absolute Gasteiger partial charge is 0.277 e. The Morgan fingerprint density at radius 3 is 2.40 bits per heavy atom. The molecule has 4 rings (SSSR count). The Labute approximate surface area is 150 Å². The number of aromatic nitrogens is 3. The molecule has 25 heavy (non-hydrogen) atoms. The fraction of sp³-hybridized carbons (Fsp3) is 0.0500. The summed E-state index contributed by atoms with van der Waals surface area (Å²) < 4.78 is 5.72. The zero-order valence-corrected chi connectivity index (χ0v) is 14.2. The van der Waals surface area contributed by atoms with Crippen molar-refractivity contribution in [2.75, 3.05) is 0 Å². The van der Waals surface area contributed by atoms with Crippen LogP contribution in [-0.4, -0.2) is 15.2 Å². The molecule has 2 aromatic carbocycles. The summed E-state index contributed by atoms with van der Waals surface area (Å²) in [5.74, 6) is 1.29. The SMILES string of the molecule is c1ccc(-c2cccc(CSc3nnc(-c4ccncc4)o3)c2)cc1. The summed E-state index contributed by atoms with van der Waals surface area (Å²) in [6.45, 7) is 0. The summed E-state index contributed by atoms with van der Waals surface area (Å²) in [6, 6.07) is 22.6. The first kappa shape index (κ1) is 15.6. The molecule has 0 aliphatic carbocycles. The maximum absolute atomic E-state index is 5.72. The normalized spacial score (nSPS) is 10.7. The largest absolute Gasteiger partial charge is 0.411 e. The zero-order chi connectivity index (χ0) is 16.9. The molecule has 0 saturated carbocycles. The lowest BCUT2D eigenvalue weighted by atomic mass is 10.0. The second-order valence-electron chi connectivity index (χ2n) is 5.46. The van der Waals surface area contributed by atoms with Crippen LogP contribution in [0, 0.1) is 0 Å². The molecule has 0 aliphatic heterocycles. The van der Waals surface area contributed by atoms with Gasteiger partial charge in [-0.25, -0.2) is 0 Å². The van der Waals surface area contributed by atoms with Crippen LogP contribution in [0.15, 0.2) is 88.8 Å². The molecule has 5 heteroatoms. The van der Waals surface area contributed by atoms with Crippen LogP contribution in [0.5, 0.6) is 0 Å². The molecule has 0 unspecified atom stereocenters. The zero-order valence-electron chi connectivity index (χ0n) is 13.4. The molecule has 0 atom stereocenters. The molecule has 0 fully saturated rings. The van der Waals surface area contributed by atoms with E-state index in [-0.39, 0.29) is 0 Å². The summed E-state index contributed by atoms with van der Waals surface area (Å²) >= 11 is 1.54. The van der Waals surface area contributed by atoms with Gasteiger partial charge in [0.25, 0.3) is 5.22 Å². The molecule has 0 N–H and O–H groups in total. The van der Waals surface area contributed by atoms with E-state index in [4.69, 9.17) is 4.42 Å². The summed E-state index contributed by atoms with van der Waals surface area (Å²) in [5.41, 5.74) is 4.52. The van der Waals surface area contributed by atoms with Gasteiger partial charge in [0.1, 0.15) is 0 Å². The Balaban J connectivity index is 1.46. The van der Waals surface area contributed by atoms with Gasteiger partial charge in [-0.1, -0.05) is 66.4 Å². The van der Waals surface area contributed by atoms with Gasteiger partial charge >= 0.3 is 0 Å². The lowest BCUT2D eigenvalue weighted by molar-refractivity contribution is 0.466. The summed E-state index contributed by atoms with van der Waals surface area (Å²) in [4.78, 5) is 3.99. The number of rotatable bonds is 5. The molecule has 2 aromatic heterocycles. The van der Waals surface area contributed by atoms with Crippen molar-refractivity contribution in [2.45, 2.75) is 11.0 Å². The van der Waals surface area contributed by atoms with Crippen molar-refractivity contribution in [3.8, 4) is 22.6 Å². The maximum Gasteiger partial charge on any atom is 0.277 e. The first-order valence-corrected chi connectivity index (χ1v) is 8.88. The van der Waals surface area contributed by atoms with E-state index in [9.17, 15) is 0 Å². The van der Waals surface area contributed by atoms with E-state index >= 15 is 0 Å². The fourth-order valence-corrected chi connectivity index (χ4v) is 3.20. The molecule has 122 valence electrons. The average molecular weight is 345 g/mol. The molecule has 0 aliphatic rings. The van der Waals surface area contributed by atoms with E-state index in [1.165, 1.54) is 28.5 Å². The van der Waals surface area contributed by atoms with E-state index in [1.807, 2.05) is 18.2 Å². The Morgan fingerprint density at radius 1 is 0.760 bits per heavy atom. The van der Waals surface area contributed by atoms with Crippen molar-refractivity contribution in [2.24, 2.45) is 0 Å². The number of hydrogen-bond donors (Lipinski definition) is 0. The molecule has 2 heterocycles. The van der Waals surface area contributed by atoms with Crippen molar-refractivity contribution >= 4 is 11.8 Å². The molecule has 4 aromatic rings. The predicted molar refractivity (Wildman–Crippen MR) is 99.0 cm³/mol. The monoisotopic (exact) mass is 345 g/mol. The predicted octanol–water partition coefficient (Wildman–Crippen LogP) is 5.09. The van der Waals surface area contributed by atoms with Gasteiger partial charge in [0.15, 0.2) is 0 Å². The Morgan fingerprint density at radius 2 is 1.56 bits per heavy atom. The third-order valence-corrected chi connectivity index (χ3v) is 4.62. The number of benzene rings is 2. The van der Waals surface area contributed by atoms with Crippen LogP contribution in [-0.2, 0) is 5.75 Å². The summed E-state index contributed by atoms with van der Waals surface area (Å²) in [7, 11) is 0. The van der Waals surface area contributed by atoms with Crippen LogP contribution < -0.4 is 0 Å². The van der Waals surface area contributed by atoms with E-state index in [0.29, 0.717) is 11.1 Å². The Kier molecular flexibility index (Phi) is 4.57. The minimum absolute atomic E-state index is 0.517. The highest BCUT2D eigenvalue weighted by Crippen LogP contribution is 2.27. The van der Waals surface area contributed by atoms with Crippen LogP contribution >= 0.6 is 11.8 Å². The van der Waals surface area contributed by atoms with Crippen molar-refractivity contribution in [3.63, 3.8) is 0 Å². The van der Waals surface area contributed by atoms with E-state index in [0.717, 1.165) is 11.3 Å². The molecular formula is C20H15N3OS. The number of pyridine rings is 1. The standard InChI is InChI=1S/C20H15N3OS/c1-2-6-16(7-3-1)18-8-4-5-15(13-18)14-25-20-23-22-19(24-20)17-9-11-21-12-10-17/h1-13H,14H2. The van der Waals surface area contributed by atoms with Crippen LogP contribution in [0.4, 0.5) is 0 Å². The van der Waals surface area contributed by atoms with Gasteiger partial charge in [0, 0.05) is 23.7 Å².